The third-order valence-corrected chi connectivity index (χ3v) is 3.62. The van der Waals surface area contributed by atoms with Crippen LogP contribution in [-0.4, -0.2) is 26.6 Å². The van der Waals surface area contributed by atoms with Gasteiger partial charge in [0.2, 0.25) is 0 Å². The summed E-state index contributed by atoms with van der Waals surface area (Å²) >= 11 is 0. The van der Waals surface area contributed by atoms with Crippen molar-refractivity contribution in [2.75, 3.05) is 0 Å². The van der Waals surface area contributed by atoms with E-state index >= 15 is 0 Å². The molecule has 0 fully saturated rings. The Labute approximate surface area is 132 Å². The predicted molar refractivity (Wildman–Crippen MR) is 83.3 cm³/mol. The summed E-state index contributed by atoms with van der Waals surface area (Å²) in [7, 11) is 0. The molecule has 1 aliphatic rings. The zero-order valence-electron chi connectivity index (χ0n) is 12.3. The largest absolute Gasteiger partial charge is 0.334 e. The molecule has 3 rings (SSSR count). The topological polar surface area (TPSA) is 102 Å². The number of hydrogen-bond acceptors (Lipinski definition) is 5. The number of aryl methyl sites for hydroxylation is 2. The maximum absolute atomic E-state index is 12.0. The molecule has 1 aromatic heterocycles. The molecule has 0 radical (unpaired) electrons. The summed E-state index contributed by atoms with van der Waals surface area (Å²) in [6.07, 6.45) is 6.25. The fourth-order valence-corrected chi connectivity index (χ4v) is 2.43. The van der Waals surface area contributed by atoms with Gasteiger partial charge in [-0.25, -0.2) is 10.4 Å². The third kappa shape index (κ3) is 3.42. The number of amides is 1. The molecule has 0 aliphatic carbocycles. The predicted octanol–water partition coefficient (Wildman–Crippen LogP) is 1.89. The molecule has 1 amide bonds. The van der Waals surface area contributed by atoms with E-state index in [1.54, 1.807) is 18.3 Å². The fraction of sp³-hybridized carbons (Fsp3) is 0.267. The number of rotatable bonds is 4. The number of non-ortho nitro benzene ring substituents is 1. The van der Waals surface area contributed by atoms with Crippen LogP contribution in [0.3, 0.4) is 0 Å². The van der Waals surface area contributed by atoms with Crippen LogP contribution in [0.4, 0.5) is 5.69 Å². The molecule has 1 aromatic carbocycles. The number of benzene rings is 1. The number of nitro benzene ring substituents is 1. The second-order valence-corrected chi connectivity index (χ2v) is 5.24. The van der Waals surface area contributed by atoms with Crippen LogP contribution in [0, 0.1) is 10.1 Å². The van der Waals surface area contributed by atoms with Crippen molar-refractivity contribution in [3.63, 3.8) is 0 Å². The van der Waals surface area contributed by atoms with Crippen molar-refractivity contribution in [1.29, 1.82) is 0 Å². The highest BCUT2D eigenvalue weighted by molar-refractivity contribution is 5.93. The normalized spacial score (nSPS) is 13.7. The van der Waals surface area contributed by atoms with E-state index in [4.69, 9.17) is 0 Å². The van der Waals surface area contributed by atoms with Gasteiger partial charge in [-0.15, -0.1) is 0 Å². The van der Waals surface area contributed by atoms with Gasteiger partial charge in [-0.05, 0) is 30.5 Å². The smallest absolute Gasteiger partial charge is 0.291 e. The zero-order chi connectivity index (χ0) is 16.2. The minimum Gasteiger partial charge on any atom is -0.334 e. The summed E-state index contributed by atoms with van der Waals surface area (Å²) in [4.78, 5) is 26.4. The Morgan fingerprint density at radius 1 is 1.35 bits per heavy atom. The minimum atomic E-state index is -0.469. The second kappa shape index (κ2) is 6.39. The van der Waals surface area contributed by atoms with Crippen molar-refractivity contribution in [1.82, 2.24) is 15.0 Å². The fourth-order valence-electron chi connectivity index (χ4n) is 2.43. The van der Waals surface area contributed by atoms with Gasteiger partial charge >= 0.3 is 0 Å². The zero-order valence-corrected chi connectivity index (χ0v) is 12.3. The first-order valence-electron chi connectivity index (χ1n) is 7.27. The summed E-state index contributed by atoms with van der Waals surface area (Å²) in [6.45, 7) is 0.891. The van der Waals surface area contributed by atoms with Crippen LogP contribution in [0.2, 0.25) is 0 Å². The van der Waals surface area contributed by atoms with E-state index in [-0.39, 0.29) is 11.6 Å². The Bertz CT molecular complexity index is 740. The SMILES string of the molecule is O=C(N/N=C/c1ccc([N+](=O)[O-])cc1)c1cn2c(n1)CCCC2. The highest BCUT2D eigenvalue weighted by atomic mass is 16.6. The monoisotopic (exact) mass is 313 g/mol. The minimum absolute atomic E-state index is 0.00905. The quantitative estimate of drug-likeness (QED) is 0.529. The van der Waals surface area contributed by atoms with Crippen molar-refractivity contribution in [2.24, 2.45) is 5.10 Å². The van der Waals surface area contributed by atoms with E-state index < -0.39 is 4.92 Å². The standard InChI is InChI=1S/C15H15N5O3/c21-15(13-10-19-8-2-1-3-14(19)17-13)18-16-9-11-4-6-12(7-5-11)20(22)23/h4-7,9-10H,1-3,8H2,(H,18,21)/b16-9+. The molecule has 2 aromatic rings. The molecule has 2 heterocycles. The molecule has 8 nitrogen and oxygen atoms in total. The summed E-state index contributed by atoms with van der Waals surface area (Å²) < 4.78 is 2.00. The van der Waals surface area contributed by atoms with Crippen LogP contribution in [0.1, 0.15) is 34.7 Å². The second-order valence-electron chi connectivity index (χ2n) is 5.24. The van der Waals surface area contributed by atoms with Crippen LogP contribution in [0.5, 0.6) is 0 Å². The Balaban J connectivity index is 1.62. The lowest BCUT2D eigenvalue weighted by molar-refractivity contribution is -0.384. The molecule has 0 unspecified atom stereocenters. The Morgan fingerprint density at radius 2 is 2.13 bits per heavy atom. The van der Waals surface area contributed by atoms with Crippen molar-refractivity contribution >= 4 is 17.8 Å². The number of nitrogens with zero attached hydrogens (tertiary/aromatic N) is 4. The van der Waals surface area contributed by atoms with Gasteiger partial charge in [-0.3, -0.25) is 14.9 Å². The maximum atomic E-state index is 12.0. The first-order valence-corrected chi connectivity index (χ1v) is 7.27. The maximum Gasteiger partial charge on any atom is 0.291 e. The number of hydrazone groups is 1. The van der Waals surface area contributed by atoms with Gasteiger partial charge < -0.3 is 4.57 Å². The number of fused-ring (bicyclic) bond motifs is 1. The molecule has 0 atom stereocenters. The average Bonchev–Trinajstić information content (AvgIpc) is 2.99. The number of nitro groups is 1. The number of carbonyl (C=O) groups excluding carboxylic acids is 1. The van der Waals surface area contributed by atoms with Crippen LogP contribution in [0.15, 0.2) is 35.6 Å². The highest BCUT2D eigenvalue weighted by Gasteiger charge is 2.16. The molecule has 8 heteroatoms. The van der Waals surface area contributed by atoms with Crippen molar-refractivity contribution in [3.8, 4) is 0 Å². The highest BCUT2D eigenvalue weighted by Crippen LogP contribution is 2.14. The van der Waals surface area contributed by atoms with Crippen LogP contribution >= 0.6 is 0 Å². The Kier molecular flexibility index (Phi) is 4.13. The van der Waals surface area contributed by atoms with Gasteiger partial charge in [0.1, 0.15) is 11.5 Å². The van der Waals surface area contributed by atoms with E-state index in [0.29, 0.717) is 11.3 Å². The average molecular weight is 313 g/mol. The van der Waals surface area contributed by atoms with E-state index in [9.17, 15) is 14.9 Å². The summed E-state index contributed by atoms with van der Waals surface area (Å²) in [5, 5.41) is 14.4. The lowest BCUT2D eigenvalue weighted by Crippen LogP contribution is -2.18. The van der Waals surface area contributed by atoms with Crippen LogP contribution in [0.25, 0.3) is 0 Å². The molecule has 118 valence electrons. The molecule has 0 saturated carbocycles. The molecule has 0 saturated heterocycles. The van der Waals surface area contributed by atoms with Crippen molar-refractivity contribution < 1.29 is 9.72 Å². The molecule has 0 spiro atoms. The van der Waals surface area contributed by atoms with Crippen LogP contribution < -0.4 is 5.43 Å². The van der Waals surface area contributed by atoms with Crippen LogP contribution in [-0.2, 0) is 13.0 Å². The summed E-state index contributed by atoms with van der Waals surface area (Å²) in [5.74, 6) is 0.561. The van der Waals surface area contributed by atoms with Gasteiger partial charge in [0.05, 0.1) is 11.1 Å². The van der Waals surface area contributed by atoms with E-state index in [2.05, 4.69) is 15.5 Å². The lowest BCUT2D eigenvalue weighted by atomic mass is 10.2. The van der Waals surface area contributed by atoms with Gasteiger partial charge in [0, 0.05) is 31.3 Å². The summed E-state index contributed by atoms with van der Waals surface area (Å²) in [5.41, 5.74) is 3.43. The number of aromatic nitrogens is 2. The van der Waals surface area contributed by atoms with E-state index in [0.717, 1.165) is 31.6 Å². The van der Waals surface area contributed by atoms with Gasteiger partial charge in [0.15, 0.2) is 0 Å². The Morgan fingerprint density at radius 3 is 2.83 bits per heavy atom. The van der Waals surface area contributed by atoms with Gasteiger partial charge in [-0.1, -0.05) is 0 Å². The first kappa shape index (κ1) is 14.9. The number of imidazole rings is 1. The van der Waals surface area contributed by atoms with E-state index in [1.165, 1.54) is 18.3 Å². The number of carbonyl (C=O) groups is 1. The third-order valence-electron chi connectivity index (χ3n) is 3.62. The molecular weight excluding hydrogens is 298 g/mol. The van der Waals surface area contributed by atoms with Crippen molar-refractivity contribution in [3.05, 3.63) is 57.7 Å². The van der Waals surface area contributed by atoms with E-state index in [1.807, 2.05) is 4.57 Å². The van der Waals surface area contributed by atoms with Gasteiger partial charge in [-0.2, -0.15) is 5.10 Å². The Hall–Kier alpha value is -3.03. The lowest BCUT2D eigenvalue weighted by Gasteiger charge is -2.11. The molecule has 0 bridgehead atoms. The number of nitrogens with one attached hydrogen (secondary N) is 1. The summed E-state index contributed by atoms with van der Waals surface area (Å²) in [6, 6.07) is 5.88. The molecule has 23 heavy (non-hydrogen) atoms. The van der Waals surface area contributed by atoms with Gasteiger partial charge in [0.25, 0.3) is 11.6 Å². The molecule has 1 N–H and O–H groups in total. The van der Waals surface area contributed by atoms with Crippen molar-refractivity contribution in [2.45, 2.75) is 25.8 Å². The first-order chi connectivity index (χ1) is 11.1. The molecular formula is C15H15N5O3. The number of hydrogen-bond donors (Lipinski definition) is 1. The molecule has 1 aliphatic heterocycles.